The van der Waals surface area contributed by atoms with E-state index in [1.807, 2.05) is 24.3 Å². The Kier molecular flexibility index (Phi) is 4.12. The molecule has 0 saturated carbocycles. The number of para-hydroxylation sites is 1. The van der Waals surface area contributed by atoms with Crippen LogP contribution in [0.25, 0.3) is 0 Å². The van der Waals surface area contributed by atoms with E-state index in [0.717, 1.165) is 11.3 Å². The zero-order chi connectivity index (χ0) is 11.3. The van der Waals surface area contributed by atoms with Crippen molar-refractivity contribution in [1.82, 2.24) is 0 Å². The van der Waals surface area contributed by atoms with Gasteiger partial charge in [0.1, 0.15) is 12.4 Å². The van der Waals surface area contributed by atoms with Crippen LogP contribution in [0.2, 0.25) is 0 Å². The molecule has 84 valence electrons. The lowest BCUT2D eigenvalue weighted by Gasteiger charge is -2.19. The molecule has 0 aromatic heterocycles. The van der Waals surface area contributed by atoms with Crippen LogP contribution in [-0.4, -0.2) is 29.0 Å². The fraction of sp³-hybridized carbons (Fsp3) is 0.500. The van der Waals surface area contributed by atoms with E-state index in [1.165, 1.54) is 0 Å². The lowest BCUT2D eigenvalue weighted by Crippen LogP contribution is -2.28. The fourth-order valence-corrected chi connectivity index (χ4v) is 1.23. The molecule has 0 radical (unpaired) electrons. The Hall–Kier alpha value is -1.06. The summed E-state index contributed by atoms with van der Waals surface area (Å²) in [7, 11) is 0. The first kappa shape index (κ1) is 12.0. The SMILES string of the molecule is CC(C)(O)COc1ccccc1CCO. The predicted molar refractivity (Wildman–Crippen MR) is 59.0 cm³/mol. The number of rotatable bonds is 5. The standard InChI is InChI=1S/C12H18O3/c1-12(2,14)9-15-11-6-4-3-5-10(11)7-8-13/h3-6,13-14H,7-9H2,1-2H3. The van der Waals surface area contributed by atoms with Gasteiger partial charge in [0.25, 0.3) is 0 Å². The van der Waals surface area contributed by atoms with Gasteiger partial charge < -0.3 is 14.9 Å². The topological polar surface area (TPSA) is 49.7 Å². The van der Waals surface area contributed by atoms with Gasteiger partial charge in [0.2, 0.25) is 0 Å². The van der Waals surface area contributed by atoms with Gasteiger partial charge in [-0.1, -0.05) is 18.2 Å². The second kappa shape index (κ2) is 5.14. The van der Waals surface area contributed by atoms with E-state index < -0.39 is 5.60 Å². The summed E-state index contributed by atoms with van der Waals surface area (Å²) < 4.78 is 5.49. The van der Waals surface area contributed by atoms with Gasteiger partial charge in [-0.2, -0.15) is 0 Å². The number of aliphatic hydroxyl groups excluding tert-OH is 1. The van der Waals surface area contributed by atoms with Gasteiger partial charge in [0.05, 0.1) is 5.60 Å². The minimum atomic E-state index is -0.841. The largest absolute Gasteiger partial charge is 0.490 e. The Morgan fingerprint density at radius 2 is 1.93 bits per heavy atom. The third-order valence-corrected chi connectivity index (χ3v) is 1.93. The van der Waals surface area contributed by atoms with Crippen LogP contribution in [0, 0.1) is 0 Å². The van der Waals surface area contributed by atoms with E-state index in [0.29, 0.717) is 6.42 Å². The Morgan fingerprint density at radius 1 is 1.27 bits per heavy atom. The van der Waals surface area contributed by atoms with Gasteiger partial charge >= 0.3 is 0 Å². The zero-order valence-corrected chi connectivity index (χ0v) is 9.23. The monoisotopic (exact) mass is 210 g/mol. The van der Waals surface area contributed by atoms with Gasteiger partial charge in [-0.15, -0.1) is 0 Å². The van der Waals surface area contributed by atoms with Crippen molar-refractivity contribution < 1.29 is 14.9 Å². The summed E-state index contributed by atoms with van der Waals surface area (Å²) in [4.78, 5) is 0. The summed E-state index contributed by atoms with van der Waals surface area (Å²) in [6.45, 7) is 3.74. The number of aliphatic hydroxyl groups is 2. The lowest BCUT2D eigenvalue weighted by molar-refractivity contribution is 0.0281. The summed E-state index contributed by atoms with van der Waals surface area (Å²) in [6.07, 6.45) is 0.571. The zero-order valence-electron chi connectivity index (χ0n) is 9.23. The molecule has 1 aromatic carbocycles. The van der Waals surface area contributed by atoms with Crippen LogP contribution in [0.5, 0.6) is 5.75 Å². The molecule has 1 aromatic rings. The third kappa shape index (κ3) is 4.32. The van der Waals surface area contributed by atoms with Crippen molar-refractivity contribution in [2.24, 2.45) is 0 Å². The molecule has 0 atom stereocenters. The molecule has 0 aliphatic rings. The first-order valence-electron chi connectivity index (χ1n) is 5.07. The highest BCUT2D eigenvalue weighted by atomic mass is 16.5. The molecular formula is C12H18O3. The second-order valence-electron chi connectivity index (χ2n) is 4.18. The Bertz CT molecular complexity index is 302. The molecule has 3 nitrogen and oxygen atoms in total. The van der Waals surface area contributed by atoms with Crippen LogP contribution in [0.1, 0.15) is 19.4 Å². The molecule has 0 fully saturated rings. The van der Waals surface area contributed by atoms with E-state index in [9.17, 15) is 5.11 Å². The summed E-state index contributed by atoms with van der Waals surface area (Å²) in [5, 5.41) is 18.4. The van der Waals surface area contributed by atoms with Crippen LogP contribution in [0.4, 0.5) is 0 Å². The maximum Gasteiger partial charge on any atom is 0.122 e. The van der Waals surface area contributed by atoms with E-state index in [-0.39, 0.29) is 13.2 Å². The van der Waals surface area contributed by atoms with Crippen LogP contribution in [-0.2, 0) is 6.42 Å². The average Bonchev–Trinajstić information content (AvgIpc) is 2.16. The quantitative estimate of drug-likeness (QED) is 0.771. The molecule has 0 spiro atoms. The fourth-order valence-electron chi connectivity index (χ4n) is 1.23. The predicted octanol–water partition coefficient (Wildman–Crippen LogP) is 1.37. The molecule has 0 unspecified atom stereocenters. The average molecular weight is 210 g/mol. The van der Waals surface area contributed by atoms with Crippen molar-refractivity contribution in [3.63, 3.8) is 0 Å². The van der Waals surface area contributed by atoms with Crippen molar-refractivity contribution in [2.75, 3.05) is 13.2 Å². The van der Waals surface area contributed by atoms with E-state index >= 15 is 0 Å². The summed E-state index contributed by atoms with van der Waals surface area (Å²) in [5.41, 5.74) is 0.121. The molecule has 0 heterocycles. The maximum atomic E-state index is 9.53. The van der Waals surface area contributed by atoms with Gasteiger partial charge in [0, 0.05) is 6.61 Å². The first-order valence-corrected chi connectivity index (χ1v) is 5.07. The number of hydrogen-bond donors (Lipinski definition) is 2. The molecule has 2 N–H and O–H groups in total. The third-order valence-electron chi connectivity index (χ3n) is 1.93. The highest BCUT2D eigenvalue weighted by molar-refractivity contribution is 5.33. The molecule has 0 bridgehead atoms. The van der Waals surface area contributed by atoms with Gasteiger partial charge in [-0.3, -0.25) is 0 Å². The van der Waals surface area contributed by atoms with Crippen molar-refractivity contribution in [1.29, 1.82) is 0 Å². The number of ether oxygens (including phenoxy) is 1. The number of hydrogen-bond acceptors (Lipinski definition) is 3. The van der Waals surface area contributed by atoms with E-state index in [2.05, 4.69) is 0 Å². The van der Waals surface area contributed by atoms with Crippen molar-refractivity contribution in [2.45, 2.75) is 25.9 Å². The molecule has 3 heteroatoms. The molecule has 1 rings (SSSR count). The minimum Gasteiger partial charge on any atom is -0.490 e. The molecule has 0 aliphatic carbocycles. The normalized spacial score (nSPS) is 11.5. The van der Waals surface area contributed by atoms with E-state index in [1.54, 1.807) is 13.8 Å². The second-order valence-corrected chi connectivity index (χ2v) is 4.18. The molecular weight excluding hydrogens is 192 g/mol. The lowest BCUT2D eigenvalue weighted by atomic mass is 10.1. The Balaban J connectivity index is 2.67. The van der Waals surface area contributed by atoms with Gasteiger partial charge in [-0.25, -0.2) is 0 Å². The van der Waals surface area contributed by atoms with Crippen LogP contribution >= 0.6 is 0 Å². The minimum absolute atomic E-state index is 0.100. The van der Waals surface area contributed by atoms with Crippen molar-refractivity contribution in [3.05, 3.63) is 29.8 Å². The van der Waals surface area contributed by atoms with Crippen LogP contribution < -0.4 is 4.74 Å². The Labute approximate surface area is 90.3 Å². The summed E-state index contributed by atoms with van der Waals surface area (Å²) in [6, 6.07) is 7.54. The highest BCUT2D eigenvalue weighted by Crippen LogP contribution is 2.19. The smallest absolute Gasteiger partial charge is 0.122 e. The van der Waals surface area contributed by atoms with Gasteiger partial charge in [-0.05, 0) is 31.9 Å². The van der Waals surface area contributed by atoms with Crippen molar-refractivity contribution in [3.8, 4) is 5.75 Å². The maximum absolute atomic E-state index is 9.53. The summed E-state index contributed by atoms with van der Waals surface area (Å²) >= 11 is 0. The highest BCUT2D eigenvalue weighted by Gasteiger charge is 2.14. The molecule has 0 aliphatic heterocycles. The van der Waals surface area contributed by atoms with Crippen molar-refractivity contribution >= 4 is 0 Å². The molecule has 15 heavy (non-hydrogen) atoms. The molecule has 0 saturated heterocycles. The Morgan fingerprint density at radius 3 is 2.53 bits per heavy atom. The van der Waals surface area contributed by atoms with E-state index in [4.69, 9.17) is 9.84 Å². The van der Waals surface area contributed by atoms with Crippen LogP contribution in [0.15, 0.2) is 24.3 Å². The van der Waals surface area contributed by atoms with Crippen LogP contribution in [0.3, 0.4) is 0 Å². The summed E-state index contributed by atoms with van der Waals surface area (Å²) in [5.74, 6) is 0.730. The number of benzene rings is 1. The van der Waals surface area contributed by atoms with Gasteiger partial charge in [0.15, 0.2) is 0 Å². The molecule has 0 amide bonds. The first-order chi connectivity index (χ1) is 7.03.